The van der Waals surface area contributed by atoms with E-state index in [0.717, 1.165) is 47.6 Å². The number of aromatic nitrogens is 1. The van der Waals surface area contributed by atoms with E-state index in [9.17, 15) is 9.59 Å². The first kappa shape index (κ1) is 21.7. The van der Waals surface area contributed by atoms with Gasteiger partial charge in [-0.2, -0.15) is 0 Å². The van der Waals surface area contributed by atoms with Crippen LogP contribution in [0.2, 0.25) is 0 Å². The Morgan fingerprint density at radius 1 is 0.784 bits per heavy atom. The maximum absolute atomic E-state index is 13.3. The van der Waals surface area contributed by atoms with Gasteiger partial charge in [-0.1, -0.05) is 24.3 Å². The van der Waals surface area contributed by atoms with Crippen LogP contribution in [0.1, 0.15) is 35.1 Å². The van der Waals surface area contributed by atoms with Crippen molar-refractivity contribution in [2.24, 2.45) is 7.05 Å². The van der Waals surface area contributed by atoms with Crippen molar-refractivity contribution in [2.75, 3.05) is 5.73 Å². The lowest BCUT2D eigenvalue weighted by molar-refractivity contribution is 0.560. The van der Waals surface area contributed by atoms with E-state index in [0.29, 0.717) is 39.4 Å². The van der Waals surface area contributed by atoms with E-state index in [1.54, 1.807) is 18.2 Å². The quantitative estimate of drug-likeness (QED) is 0.240. The van der Waals surface area contributed by atoms with Crippen LogP contribution in [0, 0.1) is 0 Å². The van der Waals surface area contributed by atoms with E-state index in [2.05, 4.69) is 24.3 Å². The molecule has 0 atom stereocenters. The van der Waals surface area contributed by atoms with Gasteiger partial charge in [-0.05, 0) is 78.8 Å². The van der Waals surface area contributed by atoms with Crippen LogP contribution in [-0.4, -0.2) is 4.57 Å². The van der Waals surface area contributed by atoms with Gasteiger partial charge in [0, 0.05) is 35.1 Å². The Labute approximate surface area is 211 Å². The largest absolute Gasteiger partial charge is 0.422 e. The summed E-state index contributed by atoms with van der Waals surface area (Å²) in [5, 5.41) is 1.71. The molecule has 6 nitrogen and oxygen atoms in total. The molecule has 2 aliphatic rings. The molecule has 0 unspecified atom stereocenters. The van der Waals surface area contributed by atoms with Crippen LogP contribution in [0.3, 0.4) is 0 Å². The second-order valence-corrected chi connectivity index (χ2v) is 9.76. The summed E-state index contributed by atoms with van der Waals surface area (Å²) in [6, 6.07) is 12.7. The molecule has 2 aromatic carbocycles. The summed E-state index contributed by atoms with van der Waals surface area (Å²) >= 11 is 0. The number of allylic oxidation sites excluding steroid dienone is 2. The van der Waals surface area contributed by atoms with Crippen LogP contribution < -0.4 is 17.0 Å². The highest BCUT2D eigenvalue weighted by molar-refractivity contribution is 5.98. The van der Waals surface area contributed by atoms with Gasteiger partial charge in [0.2, 0.25) is 0 Å². The number of hydrogen-bond donors (Lipinski definition) is 1. The second-order valence-electron chi connectivity index (χ2n) is 9.76. The second kappa shape index (κ2) is 7.96. The van der Waals surface area contributed by atoms with E-state index in [-0.39, 0.29) is 0 Å². The molecule has 182 valence electrons. The fourth-order valence-electron chi connectivity index (χ4n) is 5.83. The molecule has 0 aliphatic heterocycles. The monoisotopic (exact) mass is 488 g/mol. The minimum Gasteiger partial charge on any atom is -0.422 e. The molecule has 0 saturated heterocycles. The Bertz CT molecular complexity index is 1950. The predicted octanol–water partition coefficient (Wildman–Crippen LogP) is 6.07. The van der Waals surface area contributed by atoms with E-state index in [1.165, 1.54) is 11.1 Å². The van der Waals surface area contributed by atoms with Gasteiger partial charge in [-0.3, -0.25) is 0 Å². The molecule has 0 saturated carbocycles. The number of hydrogen-bond acceptors (Lipinski definition) is 5. The van der Waals surface area contributed by atoms with Gasteiger partial charge in [0.15, 0.2) is 0 Å². The number of benzene rings is 2. The predicted molar refractivity (Wildman–Crippen MR) is 147 cm³/mol. The third-order valence-electron chi connectivity index (χ3n) is 7.62. The van der Waals surface area contributed by atoms with Crippen LogP contribution in [0.5, 0.6) is 0 Å². The summed E-state index contributed by atoms with van der Waals surface area (Å²) in [5.41, 5.74) is 13.6. The van der Waals surface area contributed by atoms with Gasteiger partial charge >= 0.3 is 11.3 Å². The van der Waals surface area contributed by atoms with E-state index >= 15 is 0 Å². The molecule has 0 fully saturated rings. The summed E-state index contributed by atoms with van der Waals surface area (Å²) in [7, 11) is 1.84. The van der Waals surface area contributed by atoms with E-state index in [4.69, 9.17) is 14.6 Å². The Hall–Kier alpha value is -4.58. The first-order valence-electron chi connectivity index (χ1n) is 12.5. The molecular formula is C31H24N2O4. The number of anilines is 1. The van der Waals surface area contributed by atoms with Crippen molar-refractivity contribution in [3.63, 3.8) is 0 Å². The summed E-state index contributed by atoms with van der Waals surface area (Å²) in [4.78, 5) is 26.2. The minimum absolute atomic E-state index is 0.401. The normalized spacial score (nSPS) is 14.3. The molecule has 3 heterocycles. The smallest absolute Gasteiger partial charge is 0.345 e. The molecule has 0 radical (unpaired) electrons. The van der Waals surface area contributed by atoms with E-state index < -0.39 is 11.3 Å². The molecule has 0 amide bonds. The summed E-state index contributed by atoms with van der Waals surface area (Å²) in [6.45, 7) is 0. The molecule has 2 aliphatic carbocycles. The fraction of sp³-hybridized carbons (Fsp3) is 0.161. The molecular weight excluding hydrogens is 464 g/mol. The van der Waals surface area contributed by atoms with Gasteiger partial charge in [-0.15, -0.1) is 0 Å². The van der Waals surface area contributed by atoms with Gasteiger partial charge < -0.3 is 19.1 Å². The average Bonchev–Trinajstić information content (AvgIpc) is 3.28. The Kier molecular flexibility index (Phi) is 4.67. The van der Waals surface area contributed by atoms with Crippen LogP contribution >= 0.6 is 0 Å². The Morgan fingerprint density at radius 3 is 2.19 bits per heavy atom. The third-order valence-corrected chi connectivity index (χ3v) is 7.62. The lowest BCUT2D eigenvalue weighted by Crippen LogP contribution is -2.11. The zero-order chi connectivity index (χ0) is 25.3. The molecule has 0 bridgehead atoms. The van der Waals surface area contributed by atoms with Crippen molar-refractivity contribution in [2.45, 2.75) is 25.7 Å². The lowest BCUT2D eigenvalue weighted by Gasteiger charge is -2.22. The summed E-state index contributed by atoms with van der Waals surface area (Å²) < 4.78 is 13.4. The van der Waals surface area contributed by atoms with Crippen molar-refractivity contribution in [3.05, 3.63) is 97.7 Å². The van der Waals surface area contributed by atoms with Crippen LogP contribution in [0.15, 0.2) is 73.0 Å². The number of rotatable bonds is 2. The van der Waals surface area contributed by atoms with Gasteiger partial charge in [0.05, 0.1) is 22.5 Å². The minimum atomic E-state index is -0.464. The highest BCUT2D eigenvalue weighted by Gasteiger charge is 2.24. The number of nitrogens with zero attached hydrogens (tertiary/aromatic N) is 1. The number of fused-ring (bicyclic) bond motifs is 7. The Balaban J connectivity index is 1.44. The molecule has 0 spiro atoms. The maximum atomic E-state index is 13.3. The molecule has 2 N–H and O–H groups in total. The van der Waals surface area contributed by atoms with Crippen molar-refractivity contribution in [1.82, 2.24) is 4.57 Å². The van der Waals surface area contributed by atoms with Crippen molar-refractivity contribution in [3.8, 4) is 22.5 Å². The lowest BCUT2D eigenvalue weighted by atomic mass is 9.83. The standard InChI is InChI=1S/C31H24N2O4/c1-33-26(24-14-17-10-11-18(32)15-28(17)36-30(24)34)12-13-27(33)25-16-23-21-8-3-2-6-19(21)20-7-4-5-9-22(20)29(23)37-31(25)35/h3,5,8-16H,2,4,6-7,32H2,1H3. The zero-order valence-corrected chi connectivity index (χ0v) is 20.3. The van der Waals surface area contributed by atoms with Crippen molar-refractivity contribution in [1.29, 1.82) is 0 Å². The summed E-state index contributed by atoms with van der Waals surface area (Å²) in [6.07, 6.45) is 12.6. The fourth-order valence-corrected chi connectivity index (χ4v) is 5.83. The highest BCUT2D eigenvalue weighted by atomic mass is 16.4. The zero-order valence-electron chi connectivity index (χ0n) is 20.3. The molecule has 5 aromatic rings. The first-order chi connectivity index (χ1) is 18.0. The first-order valence-corrected chi connectivity index (χ1v) is 12.5. The number of nitrogen functional groups attached to an aromatic ring is 1. The molecule has 3 aromatic heterocycles. The van der Waals surface area contributed by atoms with E-state index in [1.807, 2.05) is 35.9 Å². The van der Waals surface area contributed by atoms with Crippen molar-refractivity contribution < 1.29 is 8.83 Å². The van der Waals surface area contributed by atoms with Crippen LogP contribution in [0.25, 0.3) is 56.6 Å². The van der Waals surface area contributed by atoms with Gasteiger partial charge in [-0.25, -0.2) is 9.59 Å². The van der Waals surface area contributed by atoms with Gasteiger partial charge in [0.25, 0.3) is 0 Å². The molecule has 6 heteroatoms. The number of nitrogens with two attached hydrogens (primary N) is 1. The SMILES string of the molecule is Cn1c(-c2cc3ccc(N)cc3oc2=O)ccc1-c1cc2c3c(c4c(c2oc1=O)C=CCC4)CCC=C3. The third kappa shape index (κ3) is 3.25. The molecule has 37 heavy (non-hydrogen) atoms. The van der Waals surface area contributed by atoms with Gasteiger partial charge in [0.1, 0.15) is 11.2 Å². The van der Waals surface area contributed by atoms with Crippen LogP contribution in [0.4, 0.5) is 5.69 Å². The highest BCUT2D eigenvalue weighted by Crippen LogP contribution is 2.39. The Morgan fingerprint density at radius 2 is 1.43 bits per heavy atom. The molecule has 7 rings (SSSR count). The van der Waals surface area contributed by atoms with Crippen molar-refractivity contribution >= 4 is 39.8 Å². The topological polar surface area (TPSA) is 91.4 Å². The van der Waals surface area contributed by atoms with Crippen LogP contribution in [-0.2, 0) is 19.9 Å². The maximum Gasteiger partial charge on any atom is 0.345 e. The average molecular weight is 489 g/mol. The summed E-state index contributed by atoms with van der Waals surface area (Å²) in [5.74, 6) is 0.